The van der Waals surface area contributed by atoms with E-state index >= 15 is 0 Å². The molecular formula is C12H13FN4O. The topological polar surface area (TPSA) is 59.8 Å². The predicted octanol–water partition coefficient (Wildman–Crippen LogP) is 2.00. The normalized spacial score (nSPS) is 10.7. The second kappa shape index (κ2) is 4.95. The fourth-order valence-electron chi connectivity index (χ4n) is 1.39. The zero-order valence-electron chi connectivity index (χ0n) is 10.1. The second-order valence-electron chi connectivity index (χ2n) is 4.15. The highest BCUT2D eigenvalue weighted by atomic mass is 19.1. The van der Waals surface area contributed by atoms with Gasteiger partial charge in [-0.05, 0) is 18.2 Å². The molecular weight excluding hydrogens is 235 g/mol. The summed E-state index contributed by atoms with van der Waals surface area (Å²) >= 11 is 0. The van der Waals surface area contributed by atoms with Crippen LogP contribution in [0, 0.1) is 11.7 Å². The number of hydrogen-bond donors (Lipinski definition) is 1. The molecule has 5 nitrogen and oxygen atoms in total. The van der Waals surface area contributed by atoms with E-state index in [1.54, 1.807) is 26.0 Å². The minimum atomic E-state index is -0.470. The monoisotopic (exact) mass is 248 g/mol. The summed E-state index contributed by atoms with van der Waals surface area (Å²) in [5.74, 6) is -0.770. The first-order chi connectivity index (χ1) is 8.58. The van der Waals surface area contributed by atoms with Gasteiger partial charge in [-0.3, -0.25) is 4.79 Å². The van der Waals surface area contributed by atoms with E-state index in [9.17, 15) is 9.18 Å². The summed E-state index contributed by atoms with van der Waals surface area (Å²) in [7, 11) is 0. The first-order valence-electron chi connectivity index (χ1n) is 5.53. The van der Waals surface area contributed by atoms with Gasteiger partial charge in [0.1, 0.15) is 18.3 Å². The average Bonchev–Trinajstić information content (AvgIpc) is 2.82. The molecule has 0 aliphatic rings. The fourth-order valence-corrected chi connectivity index (χ4v) is 1.39. The Balaban J connectivity index is 2.23. The van der Waals surface area contributed by atoms with Crippen LogP contribution in [0.1, 0.15) is 13.8 Å². The maximum absolute atomic E-state index is 13.8. The van der Waals surface area contributed by atoms with Crippen molar-refractivity contribution in [2.75, 3.05) is 5.32 Å². The molecule has 1 aromatic carbocycles. The third-order valence-electron chi connectivity index (χ3n) is 2.41. The number of nitrogens with zero attached hydrogens (tertiary/aromatic N) is 3. The van der Waals surface area contributed by atoms with E-state index in [1.165, 1.54) is 23.4 Å². The Bertz CT molecular complexity index is 551. The molecule has 0 aliphatic carbocycles. The van der Waals surface area contributed by atoms with E-state index < -0.39 is 5.82 Å². The molecule has 6 heteroatoms. The number of amides is 1. The minimum Gasteiger partial charge on any atom is -0.326 e. The van der Waals surface area contributed by atoms with Crippen LogP contribution in [0.15, 0.2) is 30.9 Å². The number of benzene rings is 1. The van der Waals surface area contributed by atoms with Crippen molar-refractivity contribution in [3.63, 3.8) is 0 Å². The SMILES string of the molecule is CC(C)C(=O)Nc1ccc(-n2cncn2)c(F)c1. The van der Waals surface area contributed by atoms with Crippen LogP contribution < -0.4 is 5.32 Å². The lowest BCUT2D eigenvalue weighted by atomic mass is 10.2. The standard InChI is InChI=1S/C12H13FN4O/c1-8(2)12(18)16-9-3-4-11(10(13)5-9)17-7-14-6-15-17/h3-8H,1-2H3,(H,16,18). The van der Waals surface area contributed by atoms with Crippen molar-refractivity contribution in [2.45, 2.75) is 13.8 Å². The Kier molecular flexibility index (Phi) is 3.36. The van der Waals surface area contributed by atoms with Gasteiger partial charge in [-0.15, -0.1) is 0 Å². The van der Waals surface area contributed by atoms with Gasteiger partial charge in [0.2, 0.25) is 5.91 Å². The molecule has 0 radical (unpaired) electrons. The lowest BCUT2D eigenvalue weighted by Gasteiger charge is -2.09. The van der Waals surface area contributed by atoms with Crippen LogP contribution in [0.25, 0.3) is 5.69 Å². The number of anilines is 1. The summed E-state index contributed by atoms with van der Waals surface area (Å²) in [6.45, 7) is 3.55. The zero-order chi connectivity index (χ0) is 13.1. The fraction of sp³-hybridized carbons (Fsp3) is 0.250. The molecule has 1 aromatic heterocycles. The van der Waals surface area contributed by atoms with Crippen LogP contribution in [0.4, 0.5) is 10.1 Å². The van der Waals surface area contributed by atoms with Gasteiger partial charge in [-0.2, -0.15) is 5.10 Å². The average molecular weight is 248 g/mol. The van der Waals surface area contributed by atoms with Gasteiger partial charge in [0.15, 0.2) is 5.82 Å². The molecule has 2 aromatic rings. The van der Waals surface area contributed by atoms with Crippen molar-refractivity contribution in [1.29, 1.82) is 0 Å². The third-order valence-corrected chi connectivity index (χ3v) is 2.41. The van der Waals surface area contributed by atoms with E-state index in [4.69, 9.17) is 0 Å². The quantitative estimate of drug-likeness (QED) is 0.903. The predicted molar refractivity (Wildman–Crippen MR) is 64.8 cm³/mol. The molecule has 1 N–H and O–H groups in total. The summed E-state index contributed by atoms with van der Waals surface area (Å²) in [4.78, 5) is 15.2. The van der Waals surface area contributed by atoms with Crippen molar-refractivity contribution in [2.24, 2.45) is 5.92 Å². The van der Waals surface area contributed by atoms with Crippen LogP contribution in [0.3, 0.4) is 0 Å². The highest BCUT2D eigenvalue weighted by molar-refractivity contribution is 5.92. The molecule has 0 aliphatic heterocycles. The molecule has 0 unspecified atom stereocenters. The van der Waals surface area contributed by atoms with Gasteiger partial charge >= 0.3 is 0 Å². The van der Waals surface area contributed by atoms with Crippen LogP contribution >= 0.6 is 0 Å². The van der Waals surface area contributed by atoms with E-state index in [1.807, 2.05) is 0 Å². The van der Waals surface area contributed by atoms with Gasteiger partial charge in [0.25, 0.3) is 0 Å². The Morgan fingerprint density at radius 3 is 2.78 bits per heavy atom. The molecule has 0 saturated carbocycles. The van der Waals surface area contributed by atoms with Crippen LogP contribution in [0.2, 0.25) is 0 Å². The van der Waals surface area contributed by atoms with Crippen molar-refractivity contribution < 1.29 is 9.18 Å². The Hall–Kier alpha value is -2.24. The second-order valence-corrected chi connectivity index (χ2v) is 4.15. The molecule has 94 valence electrons. The molecule has 0 spiro atoms. The molecule has 2 rings (SSSR count). The van der Waals surface area contributed by atoms with Crippen molar-refractivity contribution >= 4 is 11.6 Å². The zero-order valence-corrected chi connectivity index (χ0v) is 10.1. The molecule has 0 saturated heterocycles. The summed E-state index contributed by atoms with van der Waals surface area (Å²) in [5.41, 5.74) is 0.713. The Morgan fingerprint density at radius 1 is 1.44 bits per heavy atom. The lowest BCUT2D eigenvalue weighted by Crippen LogP contribution is -2.17. The third kappa shape index (κ3) is 2.53. The highest BCUT2D eigenvalue weighted by Crippen LogP contribution is 2.17. The van der Waals surface area contributed by atoms with E-state index in [0.717, 1.165) is 0 Å². The lowest BCUT2D eigenvalue weighted by molar-refractivity contribution is -0.118. The number of nitrogens with one attached hydrogen (secondary N) is 1. The van der Waals surface area contributed by atoms with E-state index in [0.29, 0.717) is 5.69 Å². The number of rotatable bonds is 3. The molecule has 0 atom stereocenters. The highest BCUT2D eigenvalue weighted by Gasteiger charge is 2.10. The van der Waals surface area contributed by atoms with Gasteiger partial charge < -0.3 is 5.32 Å². The van der Waals surface area contributed by atoms with Crippen LogP contribution in [0.5, 0.6) is 0 Å². The summed E-state index contributed by atoms with van der Waals surface area (Å²) in [6, 6.07) is 4.43. The van der Waals surface area contributed by atoms with Crippen molar-refractivity contribution in [1.82, 2.24) is 14.8 Å². The number of halogens is 1. The minimum absolute atomic E-state index is 0.150. The van der Waals surface area contributed by atoms with Crippen LogP contribution in [-0.2, 0) is 4.79 Å². The molecule has 1 amide bonds. The first-order valence-corrected chi connectivity index (χ1v) is 5.53. The van der Waals surface area contributed by atoms with Crippen LogP contribution in [-0.4, -0.2) is 20.7 Å². The van der Waals surface area contributed by atoms with Crippen molar-refractivity contribution in [3.8, 4) is 5.69 Å². The first kappa shape index (κ1) is 12.2. The Labute approximate surface area is 104 Å². The van der Waals surface area contributed by atoms with Gasteiger partial charge in [-0.25, -0.2) is 14.1 Å². The summed E-state index contributed by atoms with van der Waals surface area (Å²) in [5, 5.41) is 6.47. The largest absolute Gasteiger partial charge is 0.326 e. The molecule has 0 fully saturated rings. The summed E-state index contributed by atoms with van der Waals surface area (Å²) < 4.78 is 15.1. The van der Waals surface area contributed by atoms with Gasteiger partial charge in [0, 0.05) is 11.6 Å². The van der Waals surface area contributed by atoms with Crippen molar-refractivity contribution in [3.05, 3.63) is 36.7 Å². The van der Waals surface area contributed by atoms with E-state index in [2.05, 4.69) is 15.4 Å². The Morgan fingerprint density at radius 2 is 2.22 bits per heavy atom. The number of carbonyl (C=O) groups is 1. The van der Waals surface area contributed by atoms with Gasteiger partial charge in [-0.1, -0.05) is 13.8 Å². The maximum atomic E-state index is 13.8. The van der Waals surface area contributed by atoms with Gasteiger partial charge in [0.05, 0.1) is 0 Å². The number of aromatic nitrogens is 3. The number of carbonyl (C=O) groups excluding carboxylic acids is 1. The maximum Gasteiger partial charge on any atom is 0.226 e. The number of hydrogen-bond acceptors (Lipinski definition) is 3. The van der Waals surface area contributed by atoms with E-state index in [-0.39, 0.29) is 17.5 Å². The smallest absolute Gasteiger partial charge is 0.226 e. The molecule has 1 heterocycles. The summed E-state index contributed by atoms with van der Waals surface area (Å²) in [6.07, 6.45) is 2.73. The molecule has 18 heavy (non-hydrogen) atoms. The molecule has 0 bridgehead atoms.